The fourth-order valence-electron chi connectivity index (χ4n) is 2.23. The van der Waals surface area contributed by atoms with Crippen molar-refractivity contribution < 1.29 is 14.0 Å². The number of nitrogens with one attached hydrogen (secondary N) is 3. The molecule has 0 aliphatic carbocycles. The number of halogens is 1. The first-order valence-corrected chi connectivity index (χ1v) is 7.31. The van der Waals surface area contributed by atoms with Gasteiger partial charge in [0.15, 0.2) is 0 Å². The van der Waals surface area contributed by atoms with Gasteiger partial charge in [0, 0.05) is 22.1 Å². The first-order chi connectivity index (χ1) is 11.5. The Morgan fingerprint density at radius 3 is 2.50 bits per heavy atom. The Morgan fingerprint density at radius 2 is 1.83 bits per heavy atom. The van der Waals surface area contributed by atoms with Gasteiger partial charge in [-0.25, -0.2) is 0 Å². The predicted molar refractivity (Wildman–Crippen MR) is 88.0 cm³/mol. The Balaban J connectivity index is 1.82. The maximum Gasteiger partial charge on any atom is 0.275 e. The molecule has 122 valence electrons. The fraction of sp³-hybridized carbons (Fsp3) is 0.0625. The van der Waals surface area contributed by atoms with E-state index in [0.29, 0.717) is 16.3 Å². The molecule has 2 amide bonds. The minimum absolute atomic E-state index is 0.144. The van der Waals surface area contributed by atoms with Gasteiger partial charge >= 0.3 is 0 Å². The molecule has 0 atom stereocenters. The Kier molecular flexibility index (Phi) is 4.09. The van der Waals surface area contributed by atoms with Gasteiger partial charge in [-0.15, -0.1) is 0 Å². The quantitative estimate of drug-likeness (QED) is 0.619. The largest absolute Gasteiger partial charge is 0.469 e. The van der Waals surface area contributed by atoms with Gasteiger partial charge in [-0.2, -0.15) is 0 Å². The van der Waals surface area contributed by atoms with Crippen LogP contribution in [0.5, 0.6) is 0 Å². The third-order valence-corrected chi connectivity index (χ3v) is 3.72. The summed E-state index contributed by atoms with van der Waals surface area (Å²) in [6, 6.07) is 6.22. The van der Waals surface area contributed by atoms with Crippen LogP contribution in [-0.4, -0.2) is 16.8 Å². The molecule has 0 bridgehead atoms. The lowest BCUT2D eigenvalue weighted by atomic mass is 10.1. The van der Waals surface area contributed by atoms with Crippen LogP contribution in [-0.2, 0) is 0 Å². The highest BCUT2D eigenvalue weighted by Gasteiger charge is 2.16. The molecule has 2 aromatic heterocycles. The van der Waals surface area contributed by atoms with Crippen LogP contribution in [0, 0.1) is 6.92 Å². The summed E-state index contributed by atoms with van der Waals surface area (Å²) in [5, 5.41) is 0.668. The maximum absolute atomic E-state index is 12.4. The molecule has 8 heteroatoms. The normalized spacial score (nSPS) is 10.6. The summed E-state index contributed by atoms with van der Waals surface area (Å²) >= 11 is 5.88. The van der Waals surface area contributed by atoms with Crippen molar-refractivity contribution in [3.05, 3.63) is 68.9 Å². The summed E-state index contributed by atoms with van der Waals surface area (Å²) in [6.07, 6.45) is 2.65. The van der Waals surface area contributed by atoms with Crippen LogP contribution in [0.4, 0.5) is 0 Å². The van der Waals surface area contributed by atoms with Gasteiger partial charge in [-0.3, -0.25) is 25.2 Å². The number of amides is 2. The maximum atomic E-state index is 12.4. The molecule has 7 nitrogen and oxygen atoms in total. The van der Waals surface area contributed by atoms with Crippen LogP contribution in [0.1, 0.15) is 26.5 Å². The number of hydrazine groups is 1. The molecule has 0 unspecified atom stereocenters. The van der Waals surface area contributed by atoms with Crippen LogP contribution in [0.3, 0.4) is 0 Å². The molecule has 0 aliphatic rings. The van der Waals surface area contributed by atoms with Crippen molar-refractivity contribution >= 4 is 34.3 Å². The van der Waals surface area contributed by atoms with Gasteiger partial charge in [0.2, 0.25) is 5.43 Å². The highest BCUT2D eigenvalue weighted by atomic mass is 35.5. The number of carbonyl (C=O) groups excluding carboxylic acids is 2. The van der Waals surface area contributed by atoms with Gasteiger partial charge in [0.25, 0.3) is 11.8 Å². The van der Waals surface area contributed by atoms with Crippen molar-refractivity contribution in [3.63, 3.8) is 0 Å². The van der Waals surface area contributed by atoms with Gasteiger partial charge in [-0.1, -0.05) is 11.6 Å². The Labute approximate surface area is 140 Å². The lowest BCUT2D eigenvalue weighted by Gasteiger charge is -2.07. The molecule has 0 aliphatic heterocycles. The second-order valence-electron chi connectivity index (χ2n) is 5.02. The van der Waals surface area contributed by atoms with Crippen LogP contribution in [0.15, 0.2) is 45.9 Å². The van der Waals surface area contributed by atoms with E-state index in [1.54, 1.807) is 19.1 Å². The standard InChI is InChI=1S/C16H12ClN3O4/c1-8-10(4-5-24-8)15(22)19-20-16(23)12-7-18-13-3-2-9(17)6-11(13)14(12)21/h2-7H,1H3,(H,18,21)(H,19,22)(H,20,23). The fourth-order valence-corrected chi connectivity index (χ4v) is 2.40. The van der Waals surface area contributed by atoms with E-state index in [1.165, 1.54) is 24.6 Å². The number of fused-ring (bicyclic) bond motifs is 1. The second-order valence-corrected chi connectivity index (χ2v) is 5.46. The van der Waals surface area contributed by atoms with Crippen molar-refractivity contribution in [1.82, 2.24) is 15.8 Å². The van der Waals surface area contributed by atoms with E-state index in [0.717, 1.165) is 0 Å². The van der Waals surface area contributed by atoms with Crippen LogP contribution < -0.4 is 16.3 Å². The van der Waals surface area contributed by atoms with Crippen molar-refractivity contribution in [1.29, 1.82) is 0 Å². The van der Waals surface area contributed by atoms with E-state index in [9.17, 15) is 14.4 Å². The zero-order valence-electron chi connectivity index (χ0n) is 12.5. The molecule has 0 saturated carbocycles. The Morgan fingerprint density at radius 1 is 1.12 bits per heavy atom. The van der Waals surface area contributed by atoms with E-state index in [1.807, 2.05) is 0 Å². The minimum atomic E-state index is -0.743. The third kappa shape index (κ3) is 2.89. The molecular formula is C16H12ClN3O4. The van der Waals surface area contributed by atoms with E-state index < -0.39 is 17.2 Å². The number of aromatic nitrogens is 1. The second kappa shape index (κ2) is 6.21. The van der Waals surface area contributed by atoms with Gasteiger partial charge < -0.3 is 9.40 Å². The molecule has 1 aromatic carbocycles. The number of aromatic amines is 1. The minimum Gasteiger partial charge on any atom is -0.469 e. The third-order valence-electron chi connectivity index (χ3n) is 3.48. The van der Waals surface area contributed by atoms with Gasteiger partial charge in [0.05, 0.1) is 11.8 Å². The number of aryl methyl sites for hydroxylation is 1. The number of pyridine rings is 1. The van der Waals surface area contributed by atoms with E-state index in [4.69, 9.17) is 16.0 Å². The number of hydrogen-bond acceptors (Lipinski definition) is 4. The first-order valence-electron chi connectivity index (χ1n) is 6.93. The van der Waals surface area contributed by atoms with Crippen molar-refractivity contribution in [3.8, 4) is 0 Å². The summed E-state index contributed by atoms with van der Waals surface area (Å²) in [5.41, 5.74) is 4.64. The first kappa shape index (κ1) is 15.8. The Bertz CT molecular complexity index is 1010. The Hall–Kier alpha value is -3.06. The highest BCUT2D eigenvalue weighted by molar-refractivity contribution is 6.31. The number of furan rings is 1. The lowest BCUT2D eigenvalue weighted by molar-refractivity contribution is 0.0845. The average Bonchev–Trinajstić information content (AvgIpc) is 2.99. The summed E-state index contributed by atoms with van der Waals surface area (Å²) in [7, 11) is 0. The topological polar surface area (TPSA) is 104 Å². The highest BCUT2D eigenvalue weighted by Crippen LogP contribution is 2.15. The molecule has 3 aromatic rings. The van der Waals surface area contributed by atoms with Crippen LogP contribution in [0.2, 0.25) is 5.02 Å². The van der Waals surface area contributed by atoms with Gasteiger partial charge in [0.1, 0.15) is 11.3 Å². The summed E-state index contributed by atoms with van der Waals surface area (Å²) < 4.78 is 5.01. The smallest absolute Gasteiger partial charge is 0.275 e. The zero-order valence-corrected chi connectivity index (χ0v) is 13.2. The summed E-state index contributed by atoms with van der Waals surface area (Å²) in [4.78, 5) is 39.3. The molecule has 2 heterocycles. The van der Waals surface area contributed by atoms with Crippen molar-refractivity contribution in [2.75, 3.05) is 0 Å². The summed E-state index contributed by atoms with van der Waals surface area (Å²) in [6.45, 7) is 1.62. The number of H-pyrrole nitrogens is 1. The van der Waals surface area contributed by atoms with Crippen molar-refractivity contribution in [2.45, 2.75) is 6.92 Å². The van der Waals surface area contributed by atoms with Crippen molar-refractivity contribution in [2.24, 2.45) is 0 Å². The molecule has 0 saturated heterocycles. The number of hydrogen-bond donors (Lipinski definition) is 3. The SMILES string of the molecule is Cc1occc1C(=O)NNC(=O)c1c[nH]c2ccc(Cl)cc2c1=O. The zero-order chi connectivity index (χ0) is 17.3. The number of benzene rings is 1. The predicted octanol–water partition coefficient (Wildman–Crippen LogP) is 2.16. The van der Waals surface area contributed by atoms with E-state index in [-0.39, 0.29) is 16.5 Å². The van der Waals surface area contributed by atoms with Crippen LogP contribution >= 0.6 is 11.6 Å². The summed E-state index contributed by atoms with van der Waals surface area (Å²) in [5.74, 6) is -0.873. The monoisotopic (exact) mass is 345 g/mol. The molecule has 0 spiro atoms. The average molecular weight is 346 g/mol. The van der Waals surface area contributed by atoms with E-state index >= 15 is 0 Å². The molecule has 3 rings (SSSR count). The molecule has 0 fully saturated rings. The van der Waals surface area contributed by atoms with Crippen LogP contribution in [0.25, 0.3) is 10.9 Å². The lowest BCUT2D eigenvalue weighted by Crippen LogP contribution is -2.43. The molecule has 3 N–H and O–H groups in total. The van der Waals surface area contributed by atoms with Gasteiger partial charge in [-0.05, 0) is 31.2 Å². The van der Waals surface area contributed by atoms with E-state index in [2.05, 4.69) is 15.8 Å². The number of carbonyl (C=O) groups is 2. The molecule has 0 radical (unpaired) electrons. The molecule has 24 heavy (non-hydrogen) atoms. The number of rotatable bonds is 2. The molecular weight excluding hydrogens is 334 g/mol.